The van der Waals surface area contributed by atoms with Crippen LogP contribution in [0.25, 0.3) is 0 Å². The van der Waals surface area contributed by atoms with Gasteiger partial charge in [-0.2, -0.15) is 0 Å². The Morgan fingerprint density at radius 1 is 0.423 bits per heavy atom. The first-order chi connectivity index (χ1) is 35.0. The fourth-order valence-corrected chi connectivity index (χ4v) is 8.15. The molecule has 0 bridgehead atoms. The van der Waals surface area contributed by atoms with Crippen LogP contribution in [-0.4, -0.2) is 46.9 Å². The van der Waals surface area contributed by atoms with Crippen LogP contribution in [-0.2, 0) is 14.3 Å². The Bertz CT molecular complexity index is 1480. The normalized spacial score (nSPS) is 14.0. The van der Waals surface area contributed by atoms with Gasteiger partial charge in [-0.1, -0.05) is 258 Å². The van der Waals surface area contributed by atoms with Crippen molar-refractivity contribution in [1.29, 1.82) is 0 Å². The zero-order valence-electron chi connectivity index (χ0n) is 46.1. The molecule has 71 heavy (non-hydrogen) atoms. The molecular weight excluding hydrogens is 875 g/mol. The van der Waals surface area contributed by atoms with Crippen LogP contribution in [0.4, 0.5) is 0 Å². The predicted molar refractivity (Wildman–Crippen MR) is 310 cm³/mol. The largest absolute Gasteiger partial charge is 0.462 e. The third kappa shape index (κ3) is 52.4. The van der Waals surface area contributed by atoms with Gasteiger partial charge >= 0.3 is 5.97 Å². The SMILES string of the molecule is CC/C=C\C/C=C\C/C=C\C/C=C\C/C=C\C/C=C\CCC(=O)OC(CCC/C=C\C/C=C\C/C=C\C/C=C\CCCCC)CC(=O)NC(CO)C(O)CCCCCCCCCCCCCCCCCC. The summed E-state index contributed by atoms with van der Waals surface area (Å²) in [5.74, 6) is -0.634. The van der Waals surface area contributed by atoms with Crippen LogP contribution < -0.4 is 5.32 Å². The van der Waals surface area contributed by atoms with Gasteiger partial charge in [0.15, 0.2) is 0 Å². The van der Waals surface area contributed by atoms with Crippen molar-refractivity contribution in [2.24, 2.45) is 0 Å². The summed E-state index contributed by atoms with van der Waals surface area (Å²) in [7, 11) is 0. The van der Waals surface area contributed by atoms with Crippen molar-refractivity contribution in [2.75, 3.05) is 6.61 Å². The molecule has 3 atom stereocenters. The van der Waals surface area contributed by atoms with Gasteiger partial charge in [-0.25, -0.2) is 0 Å². The summed E-state index contributed by atoms with van der Waals surface area (Å²) in [6.07, 6.45) is 79.9. The third-order valence-corrected chi connectivity index (χ3v) is 12.5. The van der Waals surface area contributed by atoms with E-state index in [1.807, 2.05) is 6.08 Å². The van der Waals surface area contributed by atoms with Crippen LogP contribution in [0.5, 0.6) is 0 Å². The molecule has 0 aliphatic rings. The summed E-state index contributed by atoms with van der Waals surface area (Å²) < 4.78 is 5.89. The minimum absolute atomic E-state index is 0.00252. The van der Waals surface area contributed by atoms with Crippen molar-refractivity contribution in [3.05, 3.63) is 122 Å². The van der Waals surface area contributed by atoms with Crippen molar-refractivity contribution in [3.8, 4) is 0 Å². The molecular formula is C65H109NO5. The Morgan fingerprint density at radius 2 is 0.775 bits per heavy atom. The highest BCUT2D eigenvalue weighted by atomic mass is 16.5. The minimum atomic E-state index is -0.824. The molecule has 0 aromatic heterocycles. The summed E-state index contributed by atoms with van der Waals surface area (Å²) in [6.45, 7) is 6.32. The van der Waals surface area contributed by atoms with Crippen LogP contribution in [0.1, 0.15) is 252 Å². The second kappa shape index (κ2) is 57.2. The molecule has 3 N–H and O–H groups in total. The molecule has 0 fully saturated rings. The van der Waals surface area contributed by atoms with Crippen molar-refractivity contribution >= 4 is 11.9 Å². The van der Waals surface area contributed by atoms with Gasteiger partial charge in [-0.15, -0.1) is 0 Å². The zero-order valence-corrected chi connectivity index (χ0v) is 46.1. The molecule has 0 aliphatic heterocycles. The fourth-order valence-electron chi connectivity index (χ4n) is 8.15. The Labute approximate surface area is 438 Å². The molecule has 3 unspecified atom stereocenters. The van der Waals surface area contributed by atoms with Gasteiger partial charge in [0.25, 0.3) is 0 Å². The van der Waals surface area contributed by atoms with Crippen LogP contribution in [0, 0.1) is 0 Å². The molecule has 404 valence electrons. The van der Waals surface area contributed by atoms with Crippen molar-refractivity contribution in [2.45, 2.75) is 270 Å². The van der Waals surface area contributed by atoms with E-state index in [0.29, 0.717) is 19.3 Å². The smallest absolute Gasteiger partial charge is 0.306 e. The van der Waals surface area contributed by atoms with Gasteiger partial charge in [-0.3, -0.25) is 9.59 Å². The molecule has 0 aromatic carbocycles. The standard InChI is InChI=1S/C65H109NO5/c1-4-7-10-13-16-19-22-25-28-31-32-34-37-40-43-46-49-52-55-58-65(70)71-61(56-53-50-47-44-41-38-35-33-29-26-23-20-17-14-11-8-5-2)59-64(69)66-62(60-67)63(68)57-54-51-48-45-42-39-36-30-27-24-21-18-15-12-9-6-3/h7,10,16-17,19-20,25-26,28-29,32,34-35,38,40,43-44,47,49,52,61-63,67-68H,4-6,8-9,11-15,18,21-24,27,30-31,33,36-37,39,41-42,45-46,48,50-51,53-60H2,1-3H3,(H,66,69)/b10-7-,19-16-,20-17-,28-25-,29-26-,34-32-,38-35-,43-40-,47-44-,52-49-. The molecule has 0 saturated carbocycles. The second-order valence-corrected chi connectivity index (χ2v) is 19.3. The van der Waals surface area contributed by atoms with E-state index in [1.165, 1.54) is 109 Å². The predicted octanol–water partition coefficient (Wildman–Crippen LogP) is 18.4. The lowest BCUT2D eigenvalue weighted by molar-refractivity contribution is -0.150. The lowest BCUT2D eigenvalue weighted by atomic mass is 10.0. The monoisotopic (exact) mass is 984 g/mol. The molecule has 0 saturated heterocycles. The number of carbonyl (C=O) groups is 2. The summed E-state index contributed by atoms with van der Waals surface area (Å²) in [5, 5.41) is 23.9. The molecule has 0 heterocycles. The first-order valence-electron chi connectivity index (χ1n) is 29.3. The number of carbonyl (C=O) groups excluding carboxylic acids is 2. The second-order valence-electron chi connectivity index (χ2n) is 19.3. The number of ether oxygens (including phenoxy) is 1. The Morgan fingerprint density at radius 3 is 1.18 bits per heavy atom. The molecule has 6 heteroatoms. The summed E-state index contributed by atoms with van der Waals surface area (Å²) in [4.78, 5) is 26.3. The number of allylic oxidation sites excluding steroid dienone is 20. The highest BCUT2D eigenvalue weighted by Crippen LogP contribution is 2.17. The number of rotatable bonds is 51. The summed E-state index contributed by atoms with van der Waals surface area (Å²) in [5.41, 5.74) is 0. The van der Waals surface area contributed by atoms with Crippen LogP contribution >= 0.6 is 0 Å². The van der Waals surface area contributed by atoms with E-state index in [9.17, 15) is 19.8 Å². The molecule has 0 rings (SSSR count). The third-order valence-electron chi connectivity index (χ3n) is 12.5. The van der Waals surface area contributed by atoms with Gasteiger partial charge in [0, 0.05) is 6.42 Å². The van der Waals surface area contributed by atoms with Gasteiger partial charge < -0.3 is 20.3 Å². The van der Waals surface area contributed by atoms with E-state index in [0.717, 1.165) is 89.9 Å². The lowest BCUT2D eigenvalue weighted by Crippen LogP contribution is -2.46. The first kappa shape index (κ1) is 67.3. The lowest BCUT2D eigenvalue weighted by Gasteiger charge is -2.24. The average Bonchev–Trinajstić information content (AvgIpc) is 3.36. The highest BCUT2D eigenvalue weighted by molar-refractivity contribution is 5.77. The summed E-state index contributed by atoms with van der Waals surface area (Å²) in [6, 6.07) is -0.744. The maximum Gasteiger partial charge on any atom is 0.306 e. The molecule has 1 amide bonds. The maximum absolute atomic E-state index is 13.3. The number of hydrogen-bond acceptors (Lipinski definition) is 5. The van der Waals surface area contributed by atoms with Crippen LogP contribution in [0.2, 0.25) is 0 Å². The average molecular weight is 985 g/mol. The van der Waals surface area contributed by atoms with E-state index in [2.05, 4.69) is 142 Å². The van der Waals surface area contributed by atoms with Crippen molar-refractivity contribution in [1.82, 2.24) is 5.32 Å². The van der Waals surface area contributed by atoms with Crippen molar-refractivity contribution < 1.29 is 24.5 Å². The maximum atomic E-state index is 13.3. The van der Waals surface area contributed by atoms with E-state index < -0.39 is 18.2 Å². The van der Waals surface area contributed by atoms with Crippen LogP contribution in [0.3, 0.4) is 0 Å². The number of aliphatic hydroxyl groups is 2. The minimum Gasteiger partial charge on any atom is -0.462 e. The molecule has 0 spiro atoms. The zero-order chi connectivity index (χ0) is 51.6. The highest BCUT2D eigenvalue weighted by Gasteiger charge is 2.24. The van der Waals surface area contributed by atoms with E-state index >= 15 is 0 Å². The van der Waals surface area contributed by atoms with Crippen LogP contribution in [0.15, 0.2) is 122 Å². The van der Waals surface area contributed by atoms with Gasteiger partial charge in [0.05, 0.1) is 25.2 Å². The van der Waals surface area contributed by atoms with E-state index in [4.69, 9.17) is 4.74 Å². The Hall–Kier alpha value is -3.74. The molecule has 0 aliphatic carbocycles. The van der Waals surface area contributed by atoms with E-state index in [1.54, 1.807) is 0 Å². The van der Waals surface area contributed by atoms with Crippen molar-refractivity contribution in [3.63, 3.8) is 0 Å². The Balaban J connectivity index is 4.79. The molecule has 0 radical (unpaired) electrons. The van der Waals surface area contributed by atoms with Gasteiger partial charge in [-0.05, 0) is 103 Å². The van der Waals surface area contributed by atoms with E-state index in [-0.39, 0.29) is 31.3 Å². The summed E-state index contributed by atoms with van der Waals surface area (Å²) >= 11 is 0. The number of aliphatic hydroxyl groups excluding tert-OH is 2. The molecule has 0 aromatic rings. The Kier molecular flexibility index (Phi) is 54.2. The number of nitrogens with one attached hydrogen (secondary N) is 1. The number of amides is 1. The number of hydrogen-bond donors (Lipinski definition) is 3. The quantitative estimate of drug-likeness (QED) is 0.0321. The number of esters is 1. The topological polar surface area (TPSA) is 95.9 Å². The van der Waals surface area contributed by atoms with Gasteiger partial charge in [0.1, 0.15) is 6.10 Å². The number of unbranched alkanes of at least 4 members (excludes halogenated alkanes) is 19. The fraction of sp³-hybridized carbons (Fsp3) is 0.662. The molecule has 6 nitrogen and oxygen atoms in total. The first-order valence-corrected chi connectivity index (χ1v) is 29.3. The van der Waals surface area contributed by atoms with Gasteiger partial charge in [0.2, 0.25) is 5.91 Å².